The largest absolute Gasteiger partial charge is 0.478 e. The van der Waals surface area contributed by atoms with E-state index in [4.69, 9.17) is 5.11 Å². The molecule has 1 fully saturated rings. The summed E-state index contributed by atoms with van der Waals surface area (Å²) in [6.45, 7) is 2.02. The van der Waals surface area contributed by atoms with Crippen molar-refractivity contribution < 1.29 is 19.5 Å². The van der Waals surface area contributed by atoms with Crippen LogP contribution in [0.4, 0.5) is 5.69 Å². The number of rotatable bonds is 2. The predicted octanol–water partition coefficient (Wildman–Crippen LogP) is 2.09. The lowest BCUT2D eigenvalue weighted by molar-refractivity contribution is -0.122. The number of anilines is 1. The van der Waals surface area contributed by atoms with Crippen LogP contribution in [0.25, 0.3) is 0 Å². The van der Waals surface area contributed by atoms with Gasteiger partial charge in [0.05, 0.1) is 23.1 Å². The molecule has 1 aliphatic heterocycles. The highest BCUT2D eigenvalue weighted by Crippen LogP contribution is 2.38. The Bertz CT molecular complexity index is 647. The number of hydrogen-bond acceptors (Lipinski definition) is 3. The predicted molar refractivity (Wildman–Crippen MR) is 75.8 cm³/mol. The average molecular weight is 285 g/mol. The van der Waals surface area contributed by atoms with E-state index in [2.05, 4.69) is 0 Å². The maximum Gasteiger partial charge on any atom is 0.335 e. The first-order valence-corrected chi connectivity index (χ1v) is 6.88. The smallest absolute Gasteiger partial charge is 0.335 e. The Balaban J connectivity index is 1.93. The van der Waals surface area contributed by atoms with Gasteiger partial charge < -0.3 is 5.11 Å². The minimum Gasteiger partial charge on any atom is -0.478 e. The summed E-state index contributed by atoms with van der Waals surface area (Å²) in [6.07, 6.45) is 4.48. The van der Waals surface area contributed by atoms with Crippen LogP contribution in [0.1, 0.15) is 23.7 Å². The topological polar surface area (TPSA) is 74.7 Å². The first-order valence-electron chi connectivity index (χ1n) is 6.88. The number of aromatic carboxylic acids is 1. The third-order valence-electron chi connectivity index (χ3n) is 4.12. The third kappa shape index (κ3) is 2.14. The van der Waals surface area contributed by atoms with Crippen molar-refractivity contribution in [1.82, 2.24) is 0 Å². The molecule has 3 atom stereocenters. The summed E-state index contributed by atoms with van der Waals surface area (Å²) in [5.41, 5.74) is 0.564. The van der Waals surface area contributed by atoms with Crippen molar-refractivity contribution in [3.05, 3.63) is 42.0 Å². The fourth-order valence-electron chi connectivity index (χ4n) is 3.01. The Morgan fingerprint density at radius 2 is 1.81 bits per heavy atom. The Kier molecular flexibility index (Phi) is 3.12. The standard InChI is InChI=1S/C16H15NO4/c1-9-2-7-12-13(8-9)15(19)17(14(12)18)11-5-3-10(4-6-11)16(20)21/h2-7,9,12-13H,8H2,1H3,(H,20,21)/t9-,12+,13+/m1/s1. The number of carboxylic acids is 1. The normalized spacial score (nSPS) is 27.9. The number of imide groups is 1. The molecule has 2 amide bonds. The number of allylic oxidation sites excluding steroid dienone is 1. The third-order valence-corrected chi connectivity index (χ3v) is 4.12. The molecule has 0 saturated carbocycles. The van der Waals surface area contributed by atoms with E-state index in [1.807, 2.05) is 19.1 Å². The van der Waals surface area contributed by atoms with Crippen molar-refractivity contribution in [1.29, 1.82) is 0 Å². The van der Waals surface area contributed by atoms with Gasteiger partial charge in [-0.1, -0.05) is 19.1 Å². The minimum atomic E-state index is -1.04. The van der Waals surface area contributed by atoms with E-state index >= 15 is 0 Å². The van der Waals surface area contributed by atoms with E-state index in [1.54, 1.807) is 0 Å². The molecular formula is C16H15NO4. The molecule has 1 aromatic rings. The van der Waals surface area contributed by atoms with Gasteiger partial charge in [-0.15, -0.1) is 0 Å². The van der Waals surface area contributed by atoms with Crippen LogP contribution in [0.3, 0.4) is 0 Å². The number of amides is 2. The van der Waals surface area contributed by atoms with Gasteiger partial charge in [-0.3, -0.25) is 9.59 Å². The number of benzene rings is 1. The fourth-order valence-corrected chi connectivity index (χ4v) is 3.01. The van der Waals surface area contributed by atoms with Crippen LogP contribution in [0.15, 0.2) is 36.4 Å². The first kappa shape index (κ1) is 13.5. The van der Waals surface area contributed by atoms with Crippen LogP contribution in [0, 0.1) is 17.8 Å². The van der Waals surface area contributed by atoms with Gasteiger partial charge in [0.15, 0.2) is 0 Å². The van der Waals surface area contributed by atoms with E-state index in [0.29, 0.717) is 12.1 Å². The molecule has 108 valence electrons. The van der Waals surface area contributed by atoms with Crippen LogP contribution in [0.5, 0.6) is 0 Å². The Morgan fingerprint density at radius 3 is 2.43 bits per heavy atom. The molecule has 21 heavy (non-hydrogen) atoms. The summed E-state index contributed by atoms with van der Waals surface area (Å²) in [4.78, 5) is 36.9. The zero-order valence-corrected chi connectivity index (χ0v) is 11.5. The number of carboxylic acid groups (broad SMARTS) is 1. The lowest BCUT2D eigenvalue weighted by atomic mass is 9.81. The number of hydrogen-bond donors (Lipinski definition) is 1. The molecule has 0 unspecified atom stereocenters. The highest BCUT2D eigenvalue weighted by atomic mass is 16.4. The molecule has 0 aromatic heterocycles. The highest BCUT2D eigenvalue weighted by molar-refractivity contribution is 6.22. The SMILES string of the molecule is C[C@@H]1C=C[C@@H]2C(=O)N(c3ccc(C(=O)O)cc3)C(=O)[C@H]2C1. The van der Waals surface area contributed by atoms with Crippen LogP contribution in [-0.4, -0.2) is 22.9 Å². The van der Waals surface area contributed by atoms with Gasteiger partial charge in [-0.05, 0) is 36.6 Å². The summed E-state index contributed by atoms with van der Waals surface area (Å²) in [7, 11) is 0. The van der Waals surface area contributed by atoms with Crippen molar-refractivity contribution >= 4 is 23.5 Å². The highest BCUT2D eigenvalue weighted by Gasteiger charge is 2.48. The van der Waals surface area contributed by atoms with E-state index in [9.17, 15) is 14.4 Å². The van der Waals surface area contributed by atoms with Crippen LogP contribution in [0.2, 0.25) is 0 Å². The zero-order chi connectivity index (χ0) is 15.1. The summed E-state index contributed by atoms with van der Waals surface area (Å²) in [5.74, 6) is -1.84. The number of carbonyl (C=O) groups is 3. The second-order valence-electron chi connectivity index (χ2n) is 5.59. The van der Waals surface area contributed by atoms with Gasteiger partial charge in [0.2, 0.25) is 11.8 Å². The molecule has 1 N–H and O–H groups in total. The summed E-state index contributed by atoms with van der Waals surface area (Å²) in [5, 5.41) is 8.89. The monoisotopic (exact) mass is 285 g/mol. The molecule has 1 aliphatic carbocycles. The molecule has 0 spiro atoms. The molecule has 3 rings (SSSR count). The summed E-state index contributed by atoms with van der Waals surface area (Å²) >= 11 is 0. The molecular weight excluding hydrogens is 270 g/mol. The minimum absolute atomic E-state index is 0.128. The van der Waals surface area contributed by atoms with Crippen LogP contribution < -0.4 is 4.90 Å². The fraction of sp³-hybridized carbons (Fsp3) is 0.312. The lowest BCUT2D eigenvalue weighted by Crippen LogP contribution is -2.30. The van der Waals surface area contributed by atoms with Crippen molar-refractivity contribution in [3.8, 4) is 0 Å². The first-order chi connectivity index (χ1) is 9.99. The van der Waals surface area contributed by atoms with E-state index < -0.39 is 5.97 Å². The Hall–Kier alpha value is -2.43. The van der Waals surface area contributed by atoms with Crippen molar-refractivity contribution in [2.24, 2.45) is 17.8 Å². The molecule has 5 nitrogen and oxygen atoms in total. The maximum atomic E-state index is 12.5. The van der Waals surface area contributed by atoms with Crippen LogP contribution in [-0.2, 0) is 9.59 Å². The van der Waals surface area contributed by atoms with Crippen LogP contribution >= 0.6 is 0 Å². The number of nitrogens with zero attached hydrogens (tertiary/aromatic N) is 1. The Labute approximate surface area is 121 Å². The number of fused-ring (bicyclic) bond motifs is 1. The summed E-state index contributed by atoms with van der Waals surface area (Å²) < 4.78 is 0. The van der Waals surface area contributed by atoms with Gasteiger partial charge in [0.25, 0.3) is 0 Å². The van der Waals surface area contributed by atoms with Gasteiger partial charge in [-0.2, -0.15) is 0 Å². The van der Waals surface area contributed by atoms with E-state index in [0.717, 1.165) is 0 Å². The second-order valence-corrected chi connectivity index (χ2v) is 5.59. The molecule has 0 bridgehead atoms. The van der Waals surface area contributed by atoms with E-state index in [1.165, 1.54) is 29.2 Å². The summed E-state index contributed by atoms with van der Waals surface area (Å²) in [6, 6.07) is 5.81. The maximum absolute atomic E-state index is 12.5. The zero-order valence-electron chi connectivity index (χ0n) is 11.5. The molecule has 1 saturated heterocycles. The number of carbonyl (C=O) groups excluding carboxylic acids is 2. The molecule has 0 radical (unpaired) electrons. The van der Waals surface area contributed by atoms with Crippen molar-refractivity contribution in [2.45, 2.75) is 13.3 Å². The van der Waals surface area contributed by atoms with Gasteiger partial charge in [-0.25, -0.2) is 9.69 Å². The van der Waals surface area contributed by atoms with E-state index in [-0.39, 0.29) is 35.1 Å². The van der Waals surface area contributed by atoms with Gasteiger partial charge >= 0.3 is 5.97 Å². The van der Waals surface area contributed by atoms with Crippen molar-refractivity contribution in [3.63, 3.8) is 0 Å². The van der Waals surface area contributed by atoms with Crippen molar-refractivity contribution in [2.75, 3.05) is 4.90 Å². The average Bonchev–Trinajstić information content (AvgIpc) is 2.70. The van der Waals surface area contributed by atoms with Gasteiger partial charge in [0.1, 0.15) is 0 Å². The lowest BCUT2D eigenvalue weighted by Gasteiger charge is -2.19. The van der Waals surface area contributed by atoms with Gasteiger partial charge in [0, 0.05) is 0 Å². The molecule has 2 aliphatic rings. The Morgan fingerprint density at radius 1 is 1.14 bits per heavy atom. The second kappa shape index (κ2) is 4.84. The quantitative estimate of drug-likeness (QED) is 0.667. The molecule has 5 heteroatoms. The molecule has 1 aromatic carbocycles. The molecule has 1 heterocycles.